The van der Waals surface area contributed by atoms with Gasteiger partial charge in [-0.2, -0.15) is 0 Å². The predicted molar refractivity (Wildman–Crippen MR) is 86.5 cm³/mol. The number of rotatable bonds is 6. The largest absolute Gasteiger partial charge is 0.493 e. The van der Waals surface area contributed by atoms with E-state index in [1.54, 1.807) is 18.2 Å². The van der Waals surface area contributed by atoms with Crippen molar-refractivity contribution in [2.75, 3.05) is 6.61 Å². The lowest BCUT2D eigenvalue weighted by Crippen LogP contribution is -2.09. The van der Waals surface area contributed by atoms with Crippen LogP contribution in [0.15, 0.2) is 42.5 Å². The van der Waals surface area contributed by atoms with Crippen LogP contribution in [0.4, 0.5) is 0 Å². The first-order valence-electron chi connectivity index (χ1n) is 6.69. The maximum Gasteiger partial charge on any atom is 0.140 e. The Morgan fingerprint density at radius 1 is 1.14 bits per heavy atom. The highest BCUT2D eigenvalue weighted by atomic mass is 35.5. The fraction of sp³-hybridized carbons (Fsp3) is 0.235. The molecule has 21 heavy (non-hydrogen) atoms. The highest BCUT2D eigenvalue weighted by molar-refractivity contribution is 6.33. The van der Waals surface area contributed by atoms with E-state index in [-0.39, 0.29) is 12.2 Å². The lowest BCUT2D eigenvalue weighted by molar-refractivity contribution is -0.118. The molecule has 0 aromatic heterocycles. The van der Waals surface area contributed by atoms with Crippen molar-refractivity contribution in [3.05, 3.63) is 63.6 Å². The van der Waals surface area contributed by atoms with E-state index in [0.717, 1.165) is 16.9 Å². The highest BCUT2D eigenvalue weighted by Crippen LogP contribution is 2.21. The molecule has 2 aromatic rings. The Kier molecular flexibility index (Phi) is 5.66. The molecule has 0 radical (unpaired) electrons. The van der Waals surface area contributed by atoms with Crippen LogP contribution in [0, 0.1) is 6.92 Å². The van der Waals surface area contributed by atoms with E-state index in [0.29, 0.717) is 23.1 Å². The minimum atomic E-state index is 0.0758. The van der Waals surface area contributed by atoms with Crippen molar-refractivity contribution in [1.29, 1.82) is 0 Å². The minimum absolute atomic E-state index is 0.0758. The zero-order valence-electron chi connectivity index (χ0n) is 11.7. The third-order valence-corrected chi connectivity index (χ3v) is 3.64. The summed E-state index contributed by atoms with van der Waals surface area (Å²) < 4.78 is 5.57. The maximum atomic E-state index is 12.0. The number of Topliss-reactive ketones (excluding diaryl/α,β-unsaturated/α-hetero) is 1. The summed E-state index contributed by atoms with van der Waals surface area (Å²) in [6.07, 6.45) is 0.618. The molecule has 0 aliphatic heterocycles. The molecular formula is C17H16Cl2O2. The number of benzene rings is 2. The second-order valence-electron chi connectivity index (χ2n) is 4.87. The number of halogens is 2. The van der Waals surface area contributed by atoms with Crippen LogP contribution in [0.3, 0.4) is 0 Å². The van der Waals surface area contributed by atoms with Gasteiger partial charge in [0.15, 0.2) is 0 Å². The van der Waals surface area contributed by atoms with E-state index in [1.165, 1.54) is 0 Å². The number of hydrogen-bond acceptors (Lipinski definition) is 2. The van der Waals surface area contributed by atoms with Gasteiger partial charge in [0.1, 0.15) is 11.5 Å². The summed E-state index contributed by atoms with van der Waals surface area (Å²) in [5.74, 6) is 0.857. The van der Waals surface area contributed by atoms with Crippen LogP contribution >= 0.6 is 23.2 Å². The van der Waals surface area contributed by atoms with Crippen LogP contribution in [-0.4, -0.2) is 12.4 Å². The third-order valence-electron chi connectivity index (χ3n) is 3.03. The predicted octanol–water partition coefficient (Wildman–Crippen LogP) is 4.88. The van der Waals surface area contributed by atoms with Crippen molar-refractivity contribution in [3.63, 3.8) is 0 Å². The molecule has 0 bridgehead atoms. The molecule has 0 fully saturated rings. The van der Waals surface area contributed by atoms with E-state index < -0.39 is 0 Å². The summed E-state index contributed by atoms with van der Waals surface area (Å²) in [5.41, 5.74) is 1.88. The molecule has 2 aromatic carbocycles. The van der Waals surface area contributed by atoms with Gasteiger partial charge in [-0.05, 0) is 48.4 Å². The molecular weight excluding hydrogens is 307 g/mol. The first-order chi connectivity index (χ1) is 10.0. The van der Waals surface area contributed by atoms with Gasteiger partial charge in [0.25, 0.3) is 0 Å². The number of ketones is 1. The van der Waals surface area contributed by atoms with Crippen LogP contribution in [0.5, 0.6) is 5.75 Å². The number of carbonyl (C=O) groups excluding carboxylic acids is 1. The summed E-state index contributed by atoms with van der Waals surface area (Å²) >= 11 is 12.0. The first kappa shape index (κ1) is 15.9. The Morgan fingerprint density at radius 3 is 2.71 bits per heavy atom. The first-order valence-corrected chi connectivity index (χ1v) is 7.45. The zero-order chi connectivity index (χ0) is 15.2. The quantitative estimate of drug-likeness (QED) is 0.757. The van der Waals surface area contributed by atoms with Crippen LogP contribution in [0.25, 0.3) is 0 Å². The van der Waals surface area contributed by atoms with E-state index in [1.807, 2.05) is 31.2 Å². The Balaban J connectivity index is 1.84. The molecule has 0 aliphatic carbocycles. The second-order valence-corrected chi connectivity index (χ2v) is 5.71. The van der Waals surface area contributed by atoms with Gasteiger partial charge in [-0.1, -0.05) is 35.3 Å². The maximum absolute atomic E-state index is 12.0. The van der Waals surface area contributed by atoms with Gasteiger partial charge in [-0.15, -0.1) is 0 Å². The summed E-state index contributed by atoms with van der Waals surface area (Å²) in [6, 6.07) is 12.9. The van der Waals surface area contributed by atoms with Gasteiger partial charge in [0, 0.05) is 22.9 Å². The van der Waals surface area contributed by atoms with Gasteiger partial charge in [0.05, 0.1) is 6.61 Å². The standard InChI is InChI=1S/C17H16Cl2O2/c1-12-3-2-4-16(9-12)21-8-7-15(20)11-13-10-14(18)5-6-17(13)19/h2-6,9-10H,7-8,11H2,1H3. The monoisotopic (exact) mass is 322 g/mol. The summed E-state index contributed by atoms with van der Waals surface area (Å²) in [4.78, 5) is 12.0. The molecule has 0 amide bonds. The zero-order valence-corrected chi connectivity index (χ0v) is 13.2. The van der Waals surface area contributed by atoms with Crippen molar-refractivity contribution >= 4 is 29.0 Å². The molecule has 0 aliphatic rings. The Bertz CT molecular complexity index is 638. The molecule has 110 valence electrons. The summed E-state index contributed by atoms with van der Waals surface area (Å²) in [5, 5.41) is 1.14. The third kappa shape index (κ3) is 5.07. The highest BCUT2D eigenvalue weighted by Gasteiger charge is 2.08. The fourth-order valence-electron chi connectivity index (χ4n) is 1.97. The molecule has 0 N–H and O–H groups in total. The van der Waals surface area contributed by atoms with Crippen molar-refractivity contribution < 1.29 is 9.53 Å². The molecule has 4 heteroatoms. The second kappa shape index (κ2) is 7.48. The molecule has 2 rings (SSSR count). The fourth-order valence-corrected chi connectivity index (χ4v) is 2.35. The van der Waals surface area contributed by atoms with Crippen LogP contribution in [0.2, 0.25) is 10.0 Å². The molecule has 2 nitrogen and oxygen atoms in total. The summed E-state index contributed by atoms with van der Waals surface area (Å²) in [7, 11) is 0. The minimum Gasteiger partial charge on any atom is -0.493 e. The van der Waals surface area contributed by atoms with E-state index in [2.05, 4.69) is 0 Å². The lowest BCUT2D eigenvalue weighted by atomic mass is 10.1. The number of aryl methyl sites for hydroxylation is 1. The number of hydrogen-bond donors (Lipinski definition) is 0. The molecule has 0 saturated carbocycles. The number of carbonyl (C=O) groups is 1. The van der Waals surface area contributed by atoms with E-state index >= 15 is 0 Å². The van der Waals surface area contributed by atoms with Crippen LogP contribution in [0.1, 0.15) is 17.5 Å². The normalized spacial score (nSPS) is 10.4. The van der Waals surface area contributed by atoms with Crippen molar-refractivity contribution in [2.24, 2.45) is 0 Å². The Morgan fingerprint density at radius 2 is 1.95 bits per heavy atom. The van der Waals surface area contributed by atoms with Crippen LogP contribution < -0.4 is 4.74 Å². The topological polar surface area (TPSA) is 26.3 Å². The SMILES string of the molecule is Cc1cccc(OCCC(=O)Cc2cc(Cl)ccc2Cl)c1. The smallest absolute Gasteiger partial charge is 0.140 e. The van der Waals surface area contributed by atoms with Crippen LogP contribution in [-0.2, 0) is 11.2 Å². The van der Waals surface area contributed by atoms with Crippen molar-refractivity contribution in [3.8, 4) is 5.75 Å². The van der Waals surface area contributed by atoms with Crippen molar-refractivity contribution in [1.82, 2.24) is 0 Å². The van der Waals surface area contributed by atoms with Crippen molar-refractivity contribution in [2.45, 2.75) is 19.8 Å². The molecule has 0 saturated heterocycles. The van der Waals surface area contributed by atoms with Gasteiger partial charge < -0.3 is 4.74 Å². The van der Waals surface area contributed by atoms with Gasteiger partial charge in [-0.3, -0.25) is 4.79 Å². The number of ether oxygens (including phenoxy) is 1. The van der Waals surface area contributed by atoms with E-state index in [9.17, 15) is 4.79 Å². The van der Waals surface area contributed by atoms with E-state index in [4.69, 9.17) is 27.9 Å². The Labute approximate surface area is 134 Å². The van der Waals surface area contributed by atoms with Gasteiger partial charge >= 0.3 is 0 Å². The molecule has 0 unspecified atom stereocenters. The lowest BCUT2D eigenvalue weighted by Gasteiger charge is -2.07. The molecule has 0 spiro atoms. The van der Waals surface area contributed by atoms with Gasteiger partial charge in [0.2, 0.25) is 0 Å². The molecule has 0 atom stereocenters. The average Bonchev–Trinajstić information content (AvgIpc) is 2.43. The molecule has 0 heterocycles. The van der Waals surface area contributed by atoms with Gasteiger partial charge in [-0.25, -0.2) is 0 Å². The summed E-state index contributed by atoms with van der Waals surface area (Å²) in [6.45, 7) is 2.36. The Hall–Kier alpha value is -1.51. The average molecular weight is 323 g/mol.